The maximum atomic E-state index is 11.1. The van der Waals surface area contributed by atoms with Crippen LogP contribution in [0.1, 0.15) is 11.1 Å². The molecule has 1 aromatic carbocycles. The summed E-state index contributed by atoms with van der Waals surface area (Å²) < 4.78 is 27.5. The van der Waals surface area contributed by atoms with Crippen molar-refractivity contribution in [3.63, 3.8) is 0 Å². The smallest absolute Gasteiger partial charge is 0.191 e. The first-order valence-corrected chi connectivity index (χ1v) is 8.67. The molecular weight excluding hydrogens is 290 g/mol. The van der Waals surface area contributed by atoms with Gasteiger partial charge in [0.2, 0.25) is 0 Å². The Kier molecular flexibility index (Phi) is 6.48. The summed E-state index contributed by atoms with van der Waals surface area (Å²) in [6.07, 6.45) is 1.21. The van der Waals surface area contributed by atoms with E-state index in [0.717, 1.165) is 16.9 Å². The van der Waals surface area contributed by atoms with Crippen molar-refractivity contribution in [3.8, 4) is 5.75 Å². The SMILES string of the molecule is CN=C(NCCS(C)(=O)=O)NCc1ccc(C)cc1OC. The minimum absolute atomic E-state index is 0.0710. The van der Waals surface area contributed by atoms with E-state index in [9.17, 15) is 8.42 Å². The molecule has 2 N–H and O–H groups in total. The Labute approximate surface area is 126 Å². The van der Waals surface area contributed by atoms with Crippen LogP contribution in [0.2, 0.25) is 0 Å². The van der Waals surface area contributed by atoms with Crippen molar-refractivity contribution in [2.45, 2.75) is 13.5 Å². The van der Waals surface area contributed by atoms with Gasteiger partial charge in [-0.25, -0.2) is 8.42 Å². The van der Waals surface area contributed by atoms with Gasteiger partial charge in [-0.15, -0.1) is 0 Å². The summed E-state index contributed by atoms with van der Waals surface area (Å²) in [6, 6.07) is 5.97. The molecule has 0 saturated carbocycles. The van der Waals surface area contributed by atoms with Crippen molar-refractivity contribution in [2.24, 2.45) is 4.99 Å². The van der Waals surface area contributed by atoms with Gasteiger partial charge >= 0.3 is 0 Å². The Bertz CT molecular complexity index is 597. The first kappa shape index (κ1) is 17.3. The predicted molar refractivity (Wildman–Crippen MR) is 85.6 cm³/mol. The van der Waals surface area contributed by atoms with Gasteiger partial charge in [0.15, 0.2) is 5.96 Å². The van der Waals surface area contributed by atoms with Crippen LogP contribution < -0.4 is 15.4 Å². The molecule has 118 valence electrons. The van der Waals surface area contributed by atoms with Gasteiger partial charge in [0, 0.05) is 32.0 Å². The highest BCUT2D eigenvalue weighted by Crippen LogP contribution is 2.19. The topological polar surface area (TPSA) is 79.8 Å². The molecule has 6 nitrogen and oxygen atoms in total. The number of hydrogen-bond acceptors (Lipinski definition) is 4. The highest BCUT2D eigenvalue weighted by molar-refractivity contribution is 7.90. The number of aliphatic imine (C=N–C) groups is 1. The Morgan fingerprint density at radius 3 is 2.62 bits per heavy atom. The third-order valence-electron chi connectivity index (χ3n) is 2.88. The minimum Gasteiger partial charge on any atom is -0.496 e. The summed E-state index contributed by atoms with van der Waals surface area (Å²) in [4.78, 5) is 4.05. The summed E-state index contributed by atoms with van der Waals surface area (Å²) in [7, 11) is 0.302. The molecule has 1 rings (SSSR count). The van der Waals surface area contributed by atoms with Gasteiger partial charge < -0.3 is 15.4 Å². The lowest BCUT2D eigenvalue weighted by Crippen LogP contribution is -2.39. The summed E-state index contributed by atoms with van der Waals surface area (Å²) in [5.41, 5.74) is 2.14. The monoisotopic (exact) mass is 313 g/mol. The molecule has 0 aliphatic rings. The first-order valence-electron chi connectivity index (χ1n) is 6.61. The Hall–Kier alpha value is -1.76. The fourth-order valence-corrected chi connectivity index (χ4v) is 2.23. The van der Waals surface area contributed by atoms with Crippen LogP contribution in [0.3, 0.4) is 0 Å². The lowest BCUT2D eigenvalue weighted by molar-refractivity contribution is 0.408. The number of guanidine groups is 1. The molecule has 0 amide bonds. The van der Waals surface area contributed by atoms with Crippen molar-refractivity contribution in [1.82, 2.24) is 10.6 Å². The standard InChI is InChI=1S/C14H23N3O3S/c1-11-5-6-12(13(9-11)20-3)10-17-14(15-2)16-7-8-21(4,18)19/h5-6,9H,7-8,10H2,1-4H3,(H2,15,16,17). The normalized spacial score (nSPS) is 12.1. The van der Waals surface area contributed by atoms with E-state index in [4.69, 9.17) is 4.74 Å². The van der Waals surface area contributed by atoms with Crippen molar-refractivity contribution in [2.75, 3.05) is 32.7 Å². The van der Waals surface area contributed by atoms with E-state index in [1.54, 1.807) is 14.2 Å². The second-order valence-corrected chi connectivity index (χ2v) is 7.06. The number of aryl methyl sites for hydroxylation is 1. The number of nitrogens with one attached hydrogen (secondary N) is 2. The summed E-state index contributed by atoms with van der Waals surface area (Å²) in [5.74, 6) is 1.44. The fourth-order valence-electron chi connectivity index (χ4n) is 1.75. The molecule has 0 aliphatic carbocycles. The van der Waals surface area contributed by atoms with Crippen LogP contribution >= 0.6 is 0 Å². The Morgan fingerprint density at radius 2 is 2.05 bits per heavy atom. The average Bonchev–Trinajstić information content (AvgIpc) is 2.42. The van der Waals surface area contributed by atoms with E-state index < -0.39 is 9.84 Å². The third-order valence-corrected chi connectivity index (χ3v) is 3.82. The van der Waals surface area contributed by atoms with Crippen LogP contribution in [-0.4, -0.2) is 47.1 Å². The molecule has 7 heteroatoms. The van der Waals surface area contributed by atoms with Gasteiger partial charge in [-0.2, -0.15) is 0 Å². The van der Waals surface area contributed by atoms with Crippen LogP contribution in [0.4, 0.5) is 0 Å². The molecule has 0 spiro atoms. The molecular formula is C14H23N3O3S. The molecule has 0 aliphatic heterocycles. The van der Waals surface area contributed by atoms with E-state index in [1.165, 1.54) is 6.26 Å². The molecule has 0 radical (unpaired) electrons. The zero-order chi connectivity index (χ0) is 15.9. The number of ether oxygens (including phenoxy) is 1. The van der Waals surface area contributed by atoms with Crippen LogP contribution in [0.25, 0.3) is 0 Å². The minimum atomic E-state index is -2.98. The van der Waals surface area contributed by atoms with E-state index in [-0.39, 0.29) is 5.75 Å². The van der Waals surface area contributed by atoms with Gasteiger partial charge in [0.25, 0.3) is 0 Å². The number of hydrogen-bond donors (Lipinski definition) is 2. The fraction of sp³-hybridized carbons (Fsp3) is 0.500. The zero-order valence-electron chi connectivity index (χ0n) is 12.9. The van der Waals surface area contributed by atoms with Crippen molar-refractivity contribution in [3.05, 3.63) is 29.3 Å². The maximum Gasteiger partial charge on any atom is 0.191 e. The number of sulfone groups is 1. The molecule has 0 atom stereocenters. The molecule has 0 fully saturated rings. The molecule has 0 heterocycles. The van der Waals surface area contributed by atoms with Crippen molar-refractivity contribution < 1.29 is 13.2 Å². The van der Waals surface area contributed by atoms with Crippen LogP contribution in [0.5, 0.6) is 5.75 Å². The van der Waals surface area contributed by atoms with Crippen molar-refractivity contribution in [1.29, 1.82) is 0 Å². The molecule has 21 heavy (non-hydrogen) atoms. The molecule has 0 aromatic heterocycles. The van der Waals surface area contributed by atoms with Crippen LogP contribution in [-0.2, 0) is 16.4 Å². The molecule has 1 aromatic rings. The summed E-state index contributed by atoms with van der Waals surface area (Å²) in [5, 5.41) is 6.09. The van der Waals surface area contributed by atoms with E-state index in [0.29, 0.717) is 19.0 Å². The zero-order valence-corrected chi connectivity index (χ0v) is 13.8. The second kappa shape index (κ2) is 7.87. The van der Waals surface area contributed by atoms with E-state index >= 15 is 0 Å². The number of nitrogens with zero attached hydrogens (tertiary/aromatic N) is 1. The van der Waals surface area contributed by atoms with E-state index in [1.807, 2.05) is 25.1 Å². The highest BCUT2D eigenvalue weighted by Gasteiger charge is 2.06. The predicted octanol–water partition coefficient (Wildman–Crippen LogP) is 0.713. The number of benzene rings is 1. The first-order chi connectivity index (χ1) is 9.85. The van der Waals surface area contributed by atoms with Gasteiger partial charge in [-0.1, -0.05) is 12.1 Å². The Morgan fingerprint density at radius 1 is 1.33 bits per heavy atom. The second-order valence-electron chi connectivity index (χ2n) is 4.80. The molecule has 0 unspecified atom stereocenters. The van der Waals surface area contributed by atoms with Crippen molar-refractivity contribution >= 4 is 15.8 Å². The van der Waals surface area contributed by atoms with Gasteiger partial charge in [0.05, 0.1) is 12.9 Å². The Balaban J connectivity index is 2.56. The number of rotatable bonds is 6. The van der Waals surface area contributed by atoms with Gasteiger partial charge in [-0.05, 0) is 18.6 Å². The van der Waals surface area contributed by atoms with Crippen LogP contribution in [0, 0.1) is 6.92 Å². The van der Waals surface area contributed by atoms with Crippen LogP contribution in [0.15, 0.2) is 23.2 Å². The summed E-state index contributed by atoms with van der Waals surface area (Å²) >= 11 is 0. The summed E-state index contributed by atoms with van der Waals surface area (Å²) in [6.45, 7) is 2.87. The lowest BCUT2D eigenvalue weighted by Gasteiger charge is -2.14. The van der Waals surface area contributed by atoms with Gasteiger partial charge in [-0.3, -0.25) is 4.99 Å². The number of methoxy groups -OCH3 is 1. The quantitative estimate of drug-likeness (QED) is 0.597. The van der Waals surface area contributed by atoms with Gasteiger partial charge in [0.1, 0.15) is 15.6 Å². The highest BCUT2D eigenvalue weighted by atomic mass is 32.2. The largest absolute Gasteiger partial charge is 0.496 e. The third kappa shape index (κ3) is 6.48. The average molecular weight is 313 g/mol. The lowest BCUT2D eigenvalue weighted by atomic mass is 10.1. The molecule has 0 bridgehead atoms. The maximum absolute atomic E-state index is 11.1. The van der Waals surface area contributed by atoms with E-state index in [2.05, 4.69) is 15.6 Å². The molecule has 0 saturated heterocycles.